The molecule has 0 bridgehead atoms. The number of ether oxygens (including phenoxy) is 1. The van der Waals surface area contributed by atoms with Crippen LogP contribution in [0, 0.1) is 5.92 Å². The number of hydrogen-bond donors (Lipinski definition) is 2. The summed E-state index contributed by atoms with van der Waals surface area (Å²) in [6.45, 7) is 7.81. The molecule has 0 amide bonds. The summed E-state index contributed by atoms with van der Waals surface area (Å²) in [5, 5.41) is 20.1. The van der Waals surface area contributed by atoms with Gasteiger partial charge in [-0.15, -0.1) is 0 Å². The first-order valence-electron chi connectivity index (χ1n) is 6.50. The van der Waals surface area contributed by atoms with Crippen molar-refractivity contribution in [2.75, 3.05) is 6.61 Å². The molecule has 0 aliphatic rings. The lowest BCUT2D eigenvalue weighted by molar-refractivity contribution is -0.0274. The predicted octanol–water partition coefficient (Wildman–Crippen LogP) is 2.92. The number of rotatable bonds is 6. The second kappa shape index (κ2) is 6.21. The zero-order valence-electron chi connectivity index (χ0n) is 11.7. The van der Waals surface area contributed by atoms with Crippen LogP contribution in [0.4, 0.5) is 0 Å². The van der Waals surface area contributed by atoms with Crippen LogP contribution in [-0.2, 0) is 0 Å². The van der Waals surface area contributed by atoms with E-state index in [1.54, 1.807) is 6.92 Å². The van der Waals surface area contributed by atoms with Crippen molar-refractivity contribution in [2.24, 2.45) is 5.92 Å². The Balaban J connectivity index is 2.79. The topological polar surface area (TPSA) is 49.7 Å². The highest BCUT2D eigenvalue weighted by molar-refractivity contribution is 5.35. The highest BCUT2D eigenvalue weighted by Crippen LogP contribution is 2.28. The zero-order valence-corrected chi connectivity index (χ0v) is 11.7. The largest absolute Gasteiger partial charge is 0.490 e. The van der Waals surface area contributed by atoms with Crippen LogP contribution in [-0.4, -0.2) is 22.4 Å². The van der Waals surface area contributed by atoms with Crippen molar-refractivity contribution >= 4 is 0 Å². The lowest BCUT2D eigenvalue weighted by Gasteiger charge is -2.28. The molecule has 0 saturated carbocycles. The van der Waals surface area contributed by atoms with E-state index < -0.39 is 11.7 Å². The summed E-state index contributed by atoms with van der Waals surface area (Å²) in [4.78, 5) is 0. The van der Waals surface area contributed by atoms with Crippen LogP contribution in [0.3, 0.4) is 0 Å². The minimum Gasteiger partial charge on any atom is -0.490 e. The standard InChI is InChI=1S/C15H24O3/c1-5-13(16)12-8-6-7-9-14(12)18-10-15(4,17)11(2)3/h6-9,11,13,16-17H,5,10H2,1-4H3. The molecule has 1 aromatic rings. The second-order valence-corrected chi connectivity index (χ2v) is 5.26. The van der Waals surface area contributed by atoms with Crippen molar-refractivity contribution in [3.8, 4) is 5.75 Å². The molecule has 102 valence electrons. The van der Waals surface area contributed by atoms with Crippen LogP contribution in [0.15, 0.2) is 24.3 Å². The molecule has 2 N–H and O–H groups in total. The summed E-state index contributed by atoms with van der Waals surface area (Å²) in [6.07, 6.45) is 0.117. The molecule has 3 nitrogen and oxygen atoms in total. The average molecular weight is 252 g/mol. The van der Waals surface area contributed by atoms with Crippen molar-refractivity contribution in [3.63, 3.8) is 0 Å². The third kappa shape index (κ3) is 3.72. The van der Waals surface area contributed by atoms with Crippen LogP contribution >= 0.6 is 0 Å². The molecular weight excluding hydrogens is 228 g/mol. The van der Waals surface area contributed by atoms with Crippen molar-refractivity contribution in [2.45, 2.75) is 45.8 Å². The Morgan fingerprint density at radius 3 is 2.44 bits per heavy atom. The number of benzene rings is 1. The zero-order chi connectivity index (χ0) is 13.8. The summed E-state index contributed by atoms with van der Waals surface area (Å²) in [5.41, 5.74) is -0.0934. The summed E-state index contributed by atoms with van der Waals surface area (Å²) in [7, 11) is 0. The number of aliphatic hydroxyl groups is 2. The van der Waals surface area contributed by atoms with E-state index in [-0.39, 0.29) is 12.5 Å². The first-order chi connectivity index (χ1) is 8.38. The van der Waals surface area contributed by atoms with Gasteiger partial charge < -0.3 is 14.9 Å². The van der Waals surface area contributed by atoms with E-state index in [4.69, 9.17) is 4.74 Å². The molecule has 2 atom stereocenters. The maximum atomic E-state index is 10.2. The molecule has 2 unspecified atom stereocenters. The fourth-order valence-corrected chi connectivity index (χ4v) is 1.50. The summed E-state index contributed by atoms with van der Waals surface area (Å²) in [6, 6.07) is 7.42. The fourth-order valence-electron chi connectivity index (χ4n) is 1.50. The van der Waals surface area contributed by atoms with Gasteiger partial charge in [-0.25, -0.2) is 0 Å². The third-order valence-corrected chi connectivity index (χ3v) is 3.43. The van der Waals surface area contributed by atoms with Crippen LogP contribution in [0.25, 0.3) is 0 Å². The molecule has 0 radical (unpaired) electrons. The molecule has 1 aromatic carbocycles. The van der Waals surface area contributed by atoms with Gasteiger partial charge in [0.1, 0.15) is 12.4 Å². The van der Waals surface area contributed by atoms with E-state index in [2.05, 4.69) is 0 Å². The minimum absolute atomic E-state index is 0.112. The molecule has 0 aliphatic carbocycles. The summed E-state index contributed by atoms with van der Waals surface area (Å²) in [5.74, 6) is 0.758. The Morgan fingerprint density at radius 1 is 1.28 bits per heavy atom. The molecule has 0 heterocycles. The van der Waals surface area contributed by atoms with Crippen molar-refractivity contribution in [1.82, 2.24) is 0 Å². The Labute approximate surface area is 109 Å². The highest BCUT2D eigenvalue weighted by atomic mass is 16.5. The van der Waals surface area contributed by atoms with E-state index in [0.717, 1.165) is 5.56 Å². The maximum absolute atomic E-state index is 10.2. The SMILES string of the molecule is CCC(O)c1ccccc1OCC(C)(O)C(C)C. The molecule has 1 rings (SSSR count). The van der Waals surface area contributed by atoms with E-state index >= 15 is 0 Å². The van der Waals surface area contributed by atoms with Gasteiger partial charge in [0, 0.05) is 5.56 Å². The molecule has 0 spiro atoms. The van der Waals surface area contributed by atoms with Crippen molar-refractivity contribution in [1.29, 1.82) is 0 Å². The molecule has 0 aromatic heterocycles. The van der Waals surface area contributed by atoms with Gasteiger partial charge in [0.2, 0.25) is 0 Å². The molecule has 18 heavy (non-hydrogen) atoms. The van der Waals surface area contributed by atoms with Gasteiger partial charge in [-0.2, -0.15) is 0 Å². The highest BCUT2D eigenvalue weighted by Gasteiger charge is 2.26. The first kappa shape index (κ1) is 15.0. The van der Waals surface area contributed by atoms with Gasteiger partial charge in [0.25, 0.3) is 0 Å². The van der Waals surface area contributed by atoms with Crippen LogP contribution in [0.2, 0.25) is 0 Å². The number of aliphatic hydroxyl groups excluding tert-OH is 1. The van der Waals surface area contributed by atoms with Gasteiger partial charge in [-0.1, -0.05) is 39.0 Å². The Bertz CT molecular complexity index is 372. The van der Waals surface area contributed by atoms with E-state index in [0.29, 0.717) is 12.2 Å². The fraction of sp³-hybridized carbons (Fsp3) is 0.600. The van der Waals surface area contributed by atoms with Crippen molar-refractivity contribution in [3.05, 3.63) is 29.8 Å². The Kier molecular flexibility index (Phi) is 5.17. The molecular formula is C15H24O3. The predicted molar refractivity (Wildman–Crippen MR) is 72.6 cm³/mol. The molecule has 0 saturated heterocycles. The van der Waals surface area contributed by atoms with Gasteiger partial charge in [0.15, 0.2) is 0 Å². The monoisotopic (exact) mass is 252 g/mol. The summed E-state index contributed by atoms with van der Waals surface area (Å²) < 4.78 is 5.68. The van der Waals surface area contributed by atoms with E-state index in [1.165, 1.54) is 0 Å². The van der Waals surface area contributed by atoms with Crippen molar-refractivity contribution < 1.29 is 14.9 Å². The number of para-hydroxylation sites is 1. The quantitative estimate of drug-likeness (QED) is 0.818. The summed E-state index contributed by atoms with van der Waals surface area (Å²) >= 11 is 0. The lowest BCUT2D eigenvalue weighted by Crippen LogP contribution is -2.38. The lowest BCUT2D eigenvalue weighted by atomic mass is 9.93. The van der Waals surface area contributed by atoms with Crippen LogP contribution in [0.1, 0.15) is 45.8 Å². The van der Waals surface area contributed by atoms with Gasteiger partial charge in [-0.05, 0) is 25.3 Å². The van der Waals surface area contributed by atoms with E-state index in [9.17, 15) is 10.2 Å². The average Bonchev–Trinajstić information content (AvgIpc) is 2.35. The van der Waals surface area contributed by atoms with Gasteiger partial charge in [-0.3, -0.25) is 0 Å². The van der Waals surface area contributed by atoms with E-state index in [1.807, 2.05) is 45.0 Å². The van der Waals surface area contributed by atoms with Crippen LogP contribution < -0.4 is 4.74 Å². The number of hydrogen-bond acceptors (Lipinski definition) is 3. The molecule has 3 heteroatoms. The van der Waals surface area contributed by atoms with Gasteiger partial charge >= 0.3 is 0 Å². The normalized spacial score (nSPS) is 16.4. The van der Waals surface area contributed by atoms with Crippen LogP contribution in [0.5, 0.6) is 5.75 Å². The van der Waals surface area contributed by atoms with Gasteiger partial charge in [0.05, 0.1) is 11.7 Å². The third-order valence-electron chi connectivity index (χ3n) is 3.43. The smallest absolute Gasteiger partial charge is 0.125 e. The Hall–Kier alpha value is -1.06. The maximum Gasteiger partial charge on any atom is 0.125 e. The molecule has 0 fully saturated rings. The molecule has 0 aliphatic heterocycles. The first-order valence-corrected chi connectivity index (χ1v) is 6.50. The second-order valence-electron chi connectivity index (χ2n) is 5.26. The Morgan fingerprint density at radius 2 is 1.89 bits per heavy atom. The minimum atomic E-state index is -0.871.